The zero-order chi connectivity index (χ0) is 13.3. The van der Waals surface area contributed by atoms with Crippen molar-refractivity contribution < 1.29 is 13.5 Å². The molecule has 1 aromatic rings. The van der Waals surface area contributed by atoms with Crippen LogP contribution in [0.5, 0.6) is 0 Å². The van der Waals surface area contributed by atoms with Gasteiger partial charge in [-0.05, 0) is 6.07 Å². The molecule has 0 amide bonds. The number of sulfonamides is 1. The van der Waals surface area contributed by atoms with Crippen LogP contribution in [0.15, 0.2) is 11.0 Å². The van der Waals surface area contributed by atoms with E-state index in [9.17, 15) is 8.42 Å². The lowest BCUT2D eigenvalue weighted by molar-refractivity contribution is 0.163. The number of nitrogens with one attached hydrogen (secondary N) is 1. The fourth-order valence-electron chi connectivity index (χ4n) is 0.932. The summed E-state index contributed by atoms with van der Waals surface area (Å²) in [6.07, 6.45) is 0. The molecule has 0 spiro atoms. The monoisotopic (exact) mass is 317 g/mol. The van der Waals surface area contributed by atoms with Gasteiger partial charge in [-0.2, -0.15) is 0 Å². The van der Waals surface area contributed by atoms with Crippen molar-refractivity contribution in [3.63, 3.8) is 0 Å². The highest BCUT2D eigenvalue weighted by Gasteiger charge is 2.24. The molecule has 2 N–H and O–H groups in total. The van der Waals surface area contributed by atoms with Gasteiger partial charge in [0.2, 0.25) is 10.0 Å². The summed E-state index contributed by atoms with van der Waals surface area (Å²) in [6.45, 7) is 3.50. The number of thiophene rings is 1. The van der Waals surface area contributed by atoms with Crippen LogP contribution in [0.4, 0.5) is 0 Å². The molecule has 0 radical (unpaired) electrons. The fourth-order valence-corrected chi connectivity index (χ4v) is 4.32. The van der Waals surface area contributed by atoms with E-state index in [1.165, 1.54) is 6.07 Å². The van der Waals surface area contributed by atoms with E-state index < -0.39 is 15.4 Å². The van der Waals surface area contributed by atoms with E-state index in [0.717, 1.165) is 11.3 Å². The second-order valence-electron chi connectivity index (χ2n) is 4.34. The summed E-state index contributed by atoms with van der Waals surface area (Å²) < 4.78 is 26.6. The van der Waals surface area contributed by atoms with Crippen molar-refractivity contribution in [1.29, 1.82) is 0 Å². The lowest BCUT2D eigenvalue weighted by Crippen LogP contribution is -2.36. The summed E-state index contributed by atoms with van der Waals surface area (Å²) in [5.74, 6) is 0. The summed E-state index contributed by atoms with van der Waals surface area (Å²) in [7, 11) is -3.68. The third-order valence-electron chi connectivity index (χ3n) is 2.08. The van der Waals surface area contributed by atoms with E-state index >= 15 is 0 Å². The molecule has 0 aromatic carbocycles. The normalized spacial score (nSPS) is 13.0. The molecule has 0 saturated carbocycles. The molecule has 0 aliphatic carbocycles. The van der Waals surface area contributed by atoms with Crippen LogP contribution in [0, 0.1) is 5.41 Å². The molecule has 0 atom stereocenters. The largest absolute Gasteiger partial charge is 0.396 e. The van der Waals surface area contributed by atoms with Gasteiger partial charge in [0.1, 0.15) is 9.23 Å². The minimum atomic E-state index is -3.68. The van der Waals surface area contributed by atoms with Crippen molar-refractivity contribution in [3.8, 4) is 0 Å². The topological polar surface area (TPSA) is 66.4 Å². The Morgan fingerprint density at radius 1 is 1.47 bits per heavy atom. The van der Waals surface area contributed by atoms with Crippen molar-refractivity contribution in [1.82, 2.24) is 4.72 Å². The Hall–Kier alpha value is 0.150. The highest BCUT2D eigenvalue weighted by molar-refractivity contribution is 7.89. The smallest absolute Gasteiger partial charge is 0.242 e. The first-order valence-corrected chi connectivity index (χ1v) is 7.79. The van der Waals surface area contributed by atoms with E-state index in [4.69, 9.17) is 28.3 Å². The molecular weight excluding hydrogens is 305 g/mol. The molecule has 0 aliphatic rings. The number of aliphatic hydroxyl groups excluding tert-OH is 1. The second-order valence-corrected chi connectivity index (χ2v) is 8.36. The average molecular weight is 318 g/mol. The molecule has 0 unspecified atom stereocenters. The number of hydrogen-bond donors (Lipinski definition) is 2. The Balaban J connectivity index is 2.87. The maximum Gasteiger partial charge on any atom is 0.242 e. The summed E-state index contributed by atoms with van der Waals surface area (Å²) in [5, 5.41) is 9.04. The lowest BCUT2D eigenvalue weighted by Gasteiger charge is -2.21. The van der Waals surface area contributed by atoms with E-state index in [-0.39, 0.29) is 22.4 Å². The molecule has 98 valence electrons. The van der Waals surface area contributed by atoms with Gasteiger partial charge in [0.25, 0.3) is 0 Å². The molecule has 17 heavy (non-hydrogen) atoms. The molecule has 0 saturated heterocycles. The molecule has 4 nitrogen and oxygen atoms in total. The SMILES string of the molecule is CC(C)(CO)CNS(=O)(=O)c1cc(Cl)sc1Cl. The zero-order valence-electron chi connectivity index (χ0n) is 9.33. The van der Waals surface area contributed by atoms with Gasteiger partial charge < -0.3 is 5.11 Å². The van der Waals surface area contributed by atoms with E-state index in [0.29, 0.717) is 4.34 Å². The summed E-state index contributed by atoms with van der Waals surface area (Å²) >= 11 is 12.5. The standard InChI is InChI=1S/C9H13Cl2NO3S2/c1-9(2,5-13)4-12-17(14,15)6-3-7(10)16-8(6)11/h3,12-13H,4-5H2,1-2H3. The Bertz CT molecular complexity index is 496. The van der Waals surface area contributed by atoms with Crippen molar-refractivity contribution in [2.45, 2.75) is 18.7 Å². The van der Waals surface area contributed by atoms with E-state index in [1.54, 1.807) is 13.8 Å². The average Bonchev–Trinajstić information content (AvgIpc) is 2.56. The molecule has 1 rings (SSSR count). The van der Waals surface area contributed by atoms with Gasteiger partial charge in [-0.1, -0.05) is 37.0 Å². The first kappa shape index (κ1) is 15.2. The van der Waals surface area contributed by atoms with E-state index in [2.05, 4.69) is 4.72 Å². The van der Waals surface area contributed by atoms with Gasteiger partial charge in [0.15, 0.2) is 0 Å². The van der Waals surface area contributed by atoms with Crippen molar-refractivity contribution in [2.75, 3.05) is 13.2 Å². The summed E-state index contributed by atoms with van der Waals surface area (Å²) in [6, 6.07) is 1.31. The number of halogens is 2. The Labute approximate surface area is 115 Å². The minimum absolute atomic E-state index is 0.0251. The Morgan fingerprint density at radius 3 is 2.47 bits per heavy atom. The van der Waals surface area contributed by atoms with Crippen molar-refractivity contribution in [3.05, 3.63) is 14.7 Å². The van der Waals surface area contributed by atoms with Crippen molar-refractivity contribution >= 4 is 44.6 Å². The highest BCUT2D eigenvalue weighted by Crippen LogP contribution is 2.34. The summed E-state index contributed by atoms with van der Waals surface area (Å²) in [5.41, 5.74) is -0.528. The van der Waals surface area contributed by atoms with Crippen LogP contribution < -0.4 is 4.72 Å². The molecule has 1 aromatic heterocycles. The zero-order valence-corrected chi connectivity index (χ0v) is 12.5. The molecule has 0 aliphatic heterocycles. The molecular formula is C9H13Cl2NO3S2. The predicted molar refractivity (Wildman–Crippen MR) is 70.4 cm³/mol. The van der Waals surface area contributed by atoms with Gasteiger partial charge >= 0.3 is 0 Å². The summed E-state index contributed by atoms with van der Waals surface area (Å²) in [4.78, 5) is -0.0251. The molecule has 0 fully saturated rings. The van der Waals surface area contributed by atoms with Crippen molar-refractivity contribution in [2.24, 2.45) is 5.41 Å². The Morgan fingerprint density at radius 2 is 2.06 bits per heavy atom. The fraction of sp³-hybridized carbons (Fsp3) is 0.556. The predicted octanol–water partition coefficient (Wildman–Crippen LogP) is 2.35. The number of hydrogen-bond acceptors (Lipinski definition) is 4. The van der Waals surface area contributed by atoms with Crippen LogP contribution in [0.2, 0.25) is 8.67 Å². The van der Waals surface area contributed by atoms with Crippen LogP contribution in [0.3, 0.4) is 0 Å². The Kier molecular flexibility index (Phi) is 4.85. The van der Waals surface area contributed by atoms with Gasteiger partial charge in [-0.25, -0.2) is 13.1 Å². The lowest BCUT2D eigenvalue weighted by atomic mass is 9.96. The first-order valence-electron chi connectivity index (χ1n) is 4.73. The molecule has 0 bridgehead atoms. The second kappa shape index (κ2) is 5.42. The number of aliphatic hydroxyl groups is 1. The van der Waals surface area contributed by atoms with Crippen LogP contribution in [0.25, 0.3) is 0 Å². The maximum atomic E-state index is 11.9. The highest BCUT2D eigenvalue weighted by atomic mass is 35.5. The van der Waals surface area contributed by atoms with Gasteiger partial charge in [0.05, 0.1) is 4.34 Å². The molecule has 1 heterocycles. The number of rotatable bonds is 5. The third kappa shape index (κ3) is 4.08. The van der Waals surface area contributed by atoms with Crippen LogP contribution >= 0.6 is 34.5 Å². The van der Waals surface area contributed by atoms with Gasteiger partial charge in [-0.15, -0.1) is 11.3 Å². The van der Waals surface area contributed by atoms with E-state index in [1.807, 2.05) is 0 Å². The van der Waals surface area contributed by atoms with Crippen LogP contribution in [0.1, 0.15) is 13.8 Å². The minimum Gasteiger partial charge on any atom is -0.396 e. The van der Waals surface area contributed by atoms with Gasteiger partial charge in [-0.3, -0.25) is 0 Å². The third-order valence-corrected chi connectivity index (χ3v) is 5.24. The first-order chi connectivity index (χ1) is 7.68. The van der Waals surface area contributed by atoms with Gasteiger partial charge in [0, 0.05) is 18.6 Å². The quantitative estimate of drug-likeness (QED) is 0.876. The molecule has 8 heteroatoms. The van der Waals surface area contributed by atoms with Crippen LogP contribution in [-0.2, 0) is 10.0 Å². The van der Waals surface area contributed by atoms with Crippen LogP contribution in [-0.4, -0.2) is 26.7 Å². The maximum absolute atomic E-state index is 11.9.